The Morgan fingerprint density at radius 1 is 0.742 bits per heavy atom. The minimum atomic E-state index is -0.541. The van der Waals surface area contributed by atoms with Crippen molar-refractivity contribution >= 4 is 11.5 Å². The van der Waals surface area contributed by atoms with E-state index >= 15 is 0 Å². The van der Waals surface area contributed by atoms with Crippen LogP contribution in [0.25, 0.3) is 5.57 Å². The summed E-state index contributed by atoms with van der Waals surface area (Å²) in [7, 11) is 0. The Bertz CT molecular complexity index is 793. The lowest BCUT2D eigenvalue weighted by Gasteiger charge is -2.12. The Kier molecular flexibility index (Phi) is 11.8. The number of unbranched alkanes of at least 4 members (excludes halogenated alkanes) is 9. The zero-order valence-electron chi connectivity index (χ0n) is 18.8. The predicted octanol–water partition coefficient (Wildman–Crippen LogP) is 7.48. The van der Waals surface area contributed by atoms with Gasteiger partial charge in [0.15, 0.2) is 0 Å². The Morgan fingerprint density at radius 3 is 1.65 bits per heavy atom. The molecular weight excluding hydrogens is 382 g/mol. The molecule has 0 aliphatic rings. The van der Waals surface area contributed by atoms with Gasteiger partial charge >= 0.3 is 5.97 Å². The van der Waals surface area contributed by atoms with Gasteiger partial charge in [0.1, 0.15) is 11.6 Å². The van der Waals surface area contributed by atoms with Crippen molar-refractivity contribution in [3.8, 4) is 6.07 Å². The Morgan fingerprint density at radius 2 is 1.19 bits per heavy atom. The van der Waals surface area contributed by atoms with Crippen LogP contribution in [-0.2, 0) is 9.53 Å². The highest BCUT2D eigenvalue weighted by molar-refractivity contribution is 6.05. The van der Waals surface area contributed by atoms with Crippen LogP contribution in [0, 0.1) is 11.3 Å². The van der Waals surface area contributed by atoms with E-state index in [-0.39, 0.29) is 5.57 Å². The minimum Gasteiger partial charge on any atom is -0.462 e. The molecule has 0 radical (unpaired) electrons. The molecule has 0 N–H and O–H groups in total. The summed E-state index contributed by atoms with van der Waals surface area (Å²) >= 11 is 0. The molecule has 3 heteroatoms. The number of carbonyl (C=O) groups is 1. The molecule has 0 aromatic heterocycles. The summed E-state index contributed by atoms with van der Waals surface area (Å²) in [4.78, 5) is 12.7. The van der Waals surface area contributed by atoms with Gasteiger partial charge in [-0.1, -0.05) is 125 Å². The Hall–Kier alpha value is -2.86. The molecule has 2 aromatic carbocycles. The molecule has 0 aliphatic carbocycles. The van der Waals surface area contributed by atoms with E-state index in [1.165, 1.54) is 51.4 Å². The number of carbonyl (C=O) groups excluding carboxylic acids is 1. The van der Waals surface area contributed by atoms with E-state index in [0.29, 0.717) is 12.2 Å². The lowest BCUT2D eigenvalue weighted by Crippen LogP contribution is -2.11. The van der Waals surface area contributed by atoms with E-state index in [1.807, 2.05) is 60.7 Å². The third kappa shape index (κ3) is 8.80. The van der Waals surface area contributed by atoms with Gasteiger partial charge in [-0.25, -0.2) is 4.79 Å². The molecule has 0 unspecified atom stereocenters. The minimum absolute atomic E-state index is 0.0597. The van der Waals surface area contributed by atoms with Crippen molar-refractivity contribution in [3.63, 3.8) is 0 Å². The Labute approximate surface area is 187 Å². The lowest BCUT2D eigenvalue weighted by molar-refractivity contribution is -0.138. The van der Waals surface area contributed by atoms with Crippen molar-refractivity contribution in [2.45, 2.75) is 71.1 Å². The third-order valence-electron chi connectivity index (χ3n) is 5.42. The first-order chi connectivity index (χ1) is 15.3. The second kappa shape index (κ2) is 15.0. The predicted molar refractivity (Wildman–Crippen MR) is 127 cm³/mol. The average Bonchev–Trinajstić information content (AvgIpc) is 2.82. The molecule has 2 aromatic rings. The largest absolute Gasteiger partial charge is 0.462 e. The van der Waals surface area contributed by atoms with Crippen LogP contribution < -0.4 is 0 Å². The summed E-state index contributed by atoms with van der Waals surface area (Å²) in [6.07, 6.45) is 12.3. The third-order valence-corrected chi connectivity index (χ3v) is 5.42. The van der Waals surface area contributed by atoms with Gasteiger partial charge in [0.2, 0.25) is 0 Å². The highest BCUT2D eigenvalue weighted by atomic mass is 16.5. The second-order valence-corrected chi connectivity index (χ2v) is 7.91. The van der Waals surface area contributed by atoms with Gasteiger partial charge in [0.25, 0.3) is 0 Å². The SMILES string of the molecule is CCCCCCCCCCCCOC(=O)C(C#N)=C(c1ccccc1)c1ccccc1. The van der Waals surface area contributed by atoms with E-state index < -0.39 is 5.97 Å². The first kappa shape index (κ1) is 24.4. The summed E-state index contributed by atoms with van der Waals surface area (Å²) in [5, 5.41) is 9.76. The smallest absolute Gasteiger partial charge is 0.349 e. The quantitative estimate of drug-likeness (QED) is 0.139. The fourth-order valence-corrected chi connectivity index (χ4v) is 3.70. The van der Waals surface area contributed by atoms with E-state index in [4.69, 9.17) is 4.74 Å². The van der Waals surface area contributed by atoms with E-state index in [1.54, 1.807) is 0 Å². The summed E-state index contributed by atoms with van der Waals surface area (Å²) in [6.45, 7) is 2.60. The molecule has 31 heavy (non-hydrogen) atoms. The molecule has 0 atom stereocenters. The summed E-state index contributed by atoms with van der Waals surface area (Å²) in [5.74, 6) is -0.541. The molecule has 0 saturated heterocycles. The monoisotopic (exact) mass is 417 g/mol. The Balaban J connectivity index is 1.87. The van der Waals surface area contributed by atoms with Crippen LogP contribution in [0.2, 0.25) is 0 Å². The van der Waals surface area contributed by atoms with Crippen molar-refractivity contribution in [3.05, 3.63) is 77.4 Å². The van der Waals surface area contributed by atoms with Crippen LogP contribution in [0.5, 0.6) is 0 Å². The summed E-state index contributed by atoms with van der Waals surface area (Å²) < 4.78 is 5.47. The molecular formula is C28H35NO2. The number of hydrogen-bond acceptors (Lipinski definition) is 3. The molecule has 164 valence electrons. The average molecular weight is 418 g/mol. The van der Waals surface area contributed by atoms with Gasteiger partial charge in [-0.2, -0.15) is 5.26 Å². The van der Waals surface area contributed by atoms with Gasteiger partial charge in [0, 0.05) is 5.57 Å². The summed E-state index contributed by atoms with van der Waals surface area (Å²) in [6, 6.07) is 21.2. The van der Waals surface area contributed by atoms with Crippen LogP contribution >= 0.6 is 0 Å². The molecule has 0 saturated carbocycles. The molecule has 0 spiro atoms. The second-order valence-electron chi connectivity index (χ2n) is 7.91. The van der Waals surface area contributed by atoms with E-state index in [9.17, 15) is 10.1 Å². The number of rotatable bonds is 14. The van der Waals surface area contributed by atoms with Crippen LogP contribution in [0.1, 0.15) is 82.3 Å². The number of ether oxygens (including phenoxy) is 1. The molecule has 0 fully saturated rings. The maximum absolute atomic E-state index is 12.7. The van der Waals surface area contributed by atoms with Crippen molar-refractivity contribution in [2.24, 2.45) is 0 Å². The van der Waals surface area contributed by atoms with Gasteiger partial charge in [-0.05, 0) is 17.5 Å². The molecule has 0 heterocycles. The van der Waals surface area contributed by atoms with E-state index in [2.05, 4.69) is 13.0 Å². The topological polar surface area (TPSA) is 50.1 Å². The highest BCUT2D eigenvalue weighted by Gasteiger charge is 2.19. The zero-order chi connectivity index (χ0) is 22.2. The highest BCUT2D eigenvalue weighted by Crippen LogP contribution is 2.27. The first-order valence-corrected chi connectivity index (χ1v) is 11.7. The molecule has 0 amide bonds. The van der Waals surface area contributed by atoms with Gasteiger partial charge in [0.05, 0.1) is 6.61 Å². The fourth-order valence-electron chi connectivity index (χ4n) is 3.70. The van der Waals surface area contributed by atoms with Crippen molar-refractivity contribution in [1.29, 1.82) is 5.26 Å². The fraction of sp³-hybridized carbons (Fsp3) is 0.429. The number of benzene rings is 2. The summed E-state index contributed by atoms with van der Waals surface area (Å²) in [5.41, 5.74) is 2.35. The van der Waals surface area contributed by atoms with Crippen molar-refractivity contribution in [1.82, 2.24) is 0 Å². The van der Waals surface area contributed by atoms with Crippen LogP contribution in [0.15, 0.2) is 66.2 Å². The van der Waals surface area contributed by atoms with E-state index in [0.717, 1.165) is 24.0 Å². The zero-order valence-corrected chi connectivity index (χ0v) is 18.8. The maximum Gasteiger partial charge on any atom is 0.349 e. The van der Waals surface area contributed by atoms with Crippen LogP contribution in [-0.4, -0.2) is 12.6 Å². The normalized spacial score (nSPS) is 10.3. The molecule has 3 nitrogen and oxygen atoms in total. The maximum atomic E-state index is 12.7. The molecule has 0 aliphatic heterocycles. The van der Waals surface area contributed by atoms with Gasteiger partial charge in [-0.15, -0.1) is 0 Å². The first-order valence-electron chi connectivity index (χ1n) is 11.7. The van der Waals surface area contributed by atoms with Gasteiger partial charge in [-0.3, -0.25) is 0 Å². The number of nitrogens with zero attached hydrogens (tertiary/aromatic N) is 1. The standard InChI is InChI=1S/C28H35NO2/c1-2-3-4-5-6-7-8-9-10-17-22-31-28(30)26(23-29)27(24-18-13-11-14-19-24)25-20-15-12-16-21-25/h11-16,18-21H,2-10,17,22H2,1H3. The molecule has 2 rings (SSSR count). The lowest BCUT2D eigenvalue weighted by atomic mass is 9.93. The molecule has 0 bridgehead atoms. The van der Waals surface area contributed by atoms with Crippen LogP contribution in [0.4, 0.5) is 0 Å². The van der Waals surface area contributed by atoms with Gasteiger partial charge < -0.3 is 4.74 Å². The number of nitriles is 1. The van der Waals surface area contributed by atoms with Crippen molar-refractivity contribution in [2.75, 3.05) is 6.61 Å². The van der Waals surface area contributed by atoms with Crippen molar-refractivity contribution < 1.29 is 9.53 Å². The number of hydrogen-bond donors (Lipinski definition) is 0. The number of esters is 1. The van der Waals surface area contributed by atoms with Crippen LogP contribution in [0.3, 0.4) is 0 Å².